The number of nitrogens with one attached hydrogen (secondary N) is 1. The molecule has 4 nitrogen and oxygen atoms in total. The Bertz CT molecular complexity index is 611. The van der Waals surface area contributed by atoms with Crippen molar-refractivity contribution < 1.29 is 4.79 Å². The van der Waals surface area contributed by atoms with E-state index in [1.807, 2.05) is 7.05 Å². The average Bonchev–Trinajstić information content (AvgIpc) is 2.81. The molecule has 0 aliphatic carbocycles. The number of aryl methyl sites for hydroxylation is 1. The molecule has 0 radical (unpaired) electrons. The summed E-state index contributed by atoms with van der Waals surface area (Å²) in [5.74, 6) is 0.926. The zero-order valence-corrected chi connectivity index (χ0v) is 13.7. The smallest absolute Gasteiger partial charge is 0.235 e. The fourth-order valence-corrected chi connectivity index (χ4v) is 2.56. The SMILES string of the molecule is Cn1ccc(NC(=O)CSc2ccc(C(C)(C)C)cc2)n1. The molecule has 1 aromatic carbocycles. The molecule has 5 heteroatoms. The molecule has 0 bridgehead atoms. The molecule has 2 rings (SSSR count). The van der Waals surface area contributed by atoms with Gasteiger partial charge >= 0.3 is 0 Å². The molecule has 1 N–H and O–H groups in total. The Morgan fingerprint density at radius 3 is 2.43 bits per heavy atom. The lowest BCUT2D eigenvalue weighted by atomic mass is 9.87. The largest absolute Gasteiger partial charge is 0.308 e. The molecule has 0 spiro atoms. The zero-order chi connectivity index (χ0) is 15.5. The number of hydrogen-bond acceptors (Lipinski definition) is 3. The number of aromatic nitrogens is 2. The van der Waals surface area contributed by atoms with Crippen molar-refractivity contribution in [3.63, 3.8) is 0 Å². The standard InChI is InChI=1S/C16H21N3OS/c1-16(2,3)12-5-7-13(8-6-12)21-11-15(20)17-14-9-10-19(4)18-14/h5-10H,11H2,1-4H3,(H,17,18,20). The molecule has 0 unspecified atom stereocenters. The highest BCUT2D eigenvalue weighted by Gasteiger charge is 2.13. The predicted molar refractivity (Wildman–Crippen MR) is 87.7 cm³/mol. The number of thioether (sulfide) groups is 1. The van der Waals surface area contributed by atoms with E-state index in [2.05, 4.69) is 55.5 Å². The van der Waals surface area contributed by atoms with E-state index in [4.69, 9.17) is 0 Å². The lowest BCUT2D eigenvalue weighted by Crippen LogP contribution is -2.14. The Hall–Kier alpha value is -1.75. The second kappa shape index (κ2) is 6.35. The van der Waals surface area contributed by atoms with E-state index in [-0.39, 0.29) is 11.3 Å². The van der Waals surface area contributed by atoms with Crippen LogP contribution in [0.25, 0.3) is 0 Å². The number of carbonyl (C=O) groups excluding carboxylic acids is 1. The summed E-state index contributed by atoms with van der Waals surface area (Å²) in [5, 5.41) is 6.90. The van der Waals surface area contributed by atoms with Crippen LogP contribution in [0.1, 0.15) is 26.3 Å². The van der Waals surface area contributed by atoms with Crippen molar-refractivity contribution in [1.82, 2.24) is 9.78 Å². The third-order valence-corrected chi connectivity index (χ3v) is 4.08. The Kier molecular flexibility index (Phi) is 4.73. The van der Waals surface area contributed by atoms with Gasteiger partial charge in [-0.15, -0.1) is 11.8 Å². The third kappa shape index (κ3) is 4.63. The molecule has 1 aromatic heterocycles. The molecule has 0 atom stereocenters. The van der Waals surface area contributed by atoms with E-state index in [1.165, 1.54) is 17.3 Å². The van der Waals surface area contributed by atoms with Crippen LogP contribution in [-0.2, 0) is 17.3 Å². The molecule has 2 aromatic rings. The van der Waals surface area contributed by atoms with Gasteiger partial charge in [0.15, 0.2) is 5.82 Å². The topological polar surface area (TPSA) is 46.9 Å². The van der Waals surface area contributed by atoms with Gasteiger partial charge in [0, 0.05) is 24.2 Å². The molecular weight excluding hydrogens is 282 g/mol. The van der Waals surface area contributed by atoms with Gasteiger partial charge in [0.05, 0.1) is 5.75 Å². The average molecular weight is 303 g/mol. The molecule has 0 saturated carbocycles. The van der Waals surface area contributed by atoms with Crippen LogP contribution < -0.4 is 5.32 Å². The second-order valence-electron chi connectivity index (χ2n) is 5.99. The third-order valence-electron chi connectivity index (χ3n) is 3.07. The van der Waals surface area contributed by atoms with E-state index in [0.717, 1.165) is 4.90 Å². The van der Waals surface area contributed by atoms with Gasteiger partial charge in [-0.05, 0) is 23.1 Å². The summed E-state index contributed by atoms with van der Waals surface area (Å²) in [5.41, 5.74) is 1.45. The van der Waals surface area contributed by atoms with Crippen LogP contribution in [0.2, 0.25) is 0 Å². The van der Waals surface area contributed by atoms with Crippen LogP contribution in [-0.4, -0.2) is 21.4 Å². The highest BCUT2D eigenvalue weighted by molar-refractivity contribution is 8.00. The number of rotatable bonds is 4. The first-order chi connectivity index (χ1) is 9.84. The summed E-state index contributed by atoms with van der Waals surface area (Å²) < 4.78 is 1.66. The summed E-state index contributed by atoms with van der Waals surface area (Å²) in [6.07, 6.45) is 1.80. The van der Waals surface area contributed by atoms with Crippen LogP contribution in [0.4, 0.5) is 5.82 Å². The predicted octanol–water partition coefficient (Wildman–Crippen LogP) is 3.45. The van der Waals surface area contributed by atoms with Crippen LogP contribution in [0.15, 0.2) is 41.4 Å². The first kappa shape index (κ1) is 15.6. The molecule has 1 heterocycles. The molecule has 21 heavy (non-hydrogen) atoms. The Balaban J connectivity index is 1.86. The quantitative estimate of drug-likeness (QED) is 0.880. The van der Waals surface area contributed by atoms with Gasteiger partial charge < -0.3 is 5.32 Å². The minimum Gasteiger partial charge on any atom is -0.308 e. The van der Waals surface area contributed by atoms with Gasteiger partial charge in [-0.25, -0.2) is 0 Å². The van der Waals surface area contributed by atoms with Crippen molar-refractivity contribution in [2.45, 2.75) is 31.1 Å². The molecule has 0 fully saturated rings. The Morgan fingerprint density at radius 1 is 1.24 bits per heavy atom. The van der Waals surface area contributed by atoms with E-state index >= 15 is 0 Å². The normalized spacial score (nSPS) is 11.4. The van der Waals surface area contributed by atoms with Crippen molar-refractivity contribution >= 4 is 23.5 Å². The number of benzene rings is 1. The molecule has 112 valence electrons. The first-order valence-corrected chi connectivity index (χ1v) is 7.86. The Labute approximate surface area is 129 Å². The van der Waals surface area contributed by atoms with Gasteiger partial charge in [-0.1, -0.05) is 32.9 Å². The number of nitrogens with zero attached hydrogens (tertiary/aromatic N) is 2. The van der Waals surface area contributed by atoms with Crippen LogP contribution >= 0.6 is 11.8 Å². The number of hydrogen-bond donors (Lipinski definition) is 1. The number of anilines is 1. The molecule has 0 aliphatic heterocycles. The number of amides is 1. The van der Waals surface area contributed by atoms with Crippen molar-refractivity contribution in [2.24, 2.45) is 7.05 Å². The Morgan fingerprint density at radius 2 is 1.90 bits per heavy atom. The highest BCUT2D eigenvalue weighted by atomic mass is 32.2. The van der Waals surface area contributed by atoms with E-state index in [1.54, 1.807) is 16.9 Å². The monoisotopic (exact) mass is 303 g/mol. The van der Waals surface area contributed by atoms with Crippen molar-refractivity contribution in [1.29, 1.82) is 0 Å². The van der Waals surface area contributed by atoms with Crippen LogP contribution in [0.3, 0.4) is 0 Å². The van der Waals surface area contributed by atoms with Gasteiger partial charge in [-0.3, -0.25) is 9.48 Å². The van der Waals surface area contributed by atoms with Crippen molar-refractivity contribution in [3.05, 3.63) is 42.1 Å². The maximum Gasteiger partial charge on any atom is 0.235 e. The summed E-state index contributed by atoms with van der Waals surface area (Å²) >= 11 is 1.53. The summed E-state index contributed by atoms with van der Waals surface area (Å²) in [6, 6.07) is 10.2. The highest BCUT2D eigenvalue weighted by Crippen LogP contribution is 2.25. The summed E-state index contributed by atoms with van der Waals surface area (Å²) in [4.78, 5) is 12.9. The molecule has 0 saturated heterocycles. The number of carbonyl (C=O) groups is 1. The fraction of sp³-hybridized carbons (Fsp3) is 0.375. The minimum absolute atomic E-state index is 0.0430. The van der Waals surface area contributed by atoms with Gasteiger partial charge in [0.2, 0.25) is 5.91 Å². The van der Waals surface area contributed by atoms with Crippen molar-refractivity contribution in [2.75, 3.05) is 11.1 Å². The summed E-state index contributed by atoms with van der Waals surface area (Å²) in [7, 11) is 1.82. The fourth-order valence-electron chi connectivity index (χ4n) is 1.86. The van der Waals surface area contributed by atoms with Crippen LogP contribution in [0, 0.1) is 0 Å². The molecular formula is C16H21N3OS. The lowest BCUT2D eigenvalue weighted by molar-refractivity contribution is -0.113. The molecule has 0 aliphatic rings. The maximum absolute atomic E-state index is 11.8. The molecule has 1 amide bonds. The minimum atomic E-state index is -0.0430. The van der Waals surface area contributed by atoms with E-state index < -0.39 is 0 Å². The van der Waals surface area contributed by atoms with E-state index in [9.17, 15) is 4.79 Å². The van der Waals surface area contributed by atoms with Gasteiger partial charge in [-0.2, -0.15) is 5.10 Å². The van der Waals surface area contributed by atoms with Crippen molar-refractivity contribution in [3.8, 4) is 0 Å². The summed E-state index contributed by atoms with van der Waals surface area (Å²) in [6.45, 7) is 6.57. The first-order valence-electron chi connectivity index (χ1n) is 6.87. The van der Waals surface area contributed by atoms with Crippen LogP contribution in [0.5, 0.6) is 0 Å². The second-order valence-corrected chi connectivity index (χ2v) is 7.03. The van der Waals surface area contributed by atoms with E-state index in [0.29, 0.717) is 11.6 Å². The zero-order valence-electron chi connectivity index (χ0n) is 12.9. The maximum atomic E-state index is 11.8. The van der Waals surface area contributed by atoms with Gasteiger partial charge in [0.1, 0.15) is 0 Å². The lowest BCUT2D eigenvalue weighted by Gasteiger charge is -2.19. The van der Waals surface area contributed by atoms with Gasteiger partial charge in [0.25, 0.3) is 0 Å².